The van der Waals surface area contributed by atoms with Crippen LogP contribution < -0.4 is 20.5 Å². The first kappa shape index (κ1) is 20.9. The van der Waals surface area contributed by atoms with Crippen LogP contribution in [0.3, 0.4) is 0 Å². The summed E-state index contributed by atoms with van der Waals surface area (Å²) in [6, 6.07) is 10.4. The Kier molecular flexibility index (Phi) is 7.76. The van der Waals surface area contributed by atoms with Crippen LogP contribution in [0.25, 0.3) is 0 Å². The molecule has 2 aromatic carbocycles. The molecule has 0 bridgehead atoms. The number of methoxy groups -OCH3 is 1. The van der Waals surface area contributed by atoms with Crippen LogP contribution in [-0.2, 0) is 22.6 Å². The average molecular weight is 411 g/mol. The topological polar surface area (TPSA) is 90.7 Å². The van der Waals surface area contributed by atoms with Gasteiger partial charge in [-0.25, -0.2) is 0 Å². The second-order valence-electron chi connectivity index (χ2n) is 5.75. The number of nitrogens with two attached hydrogens (primary N) is 1. The minimum atomic E-state index is -0.575. The number of ether oxygens (including phenoxy) is 2. The maximum Gasteiger partial charge on any atom is 0.255 e. The minimum Gasteiger partial charge on any atom is -0.493 e. The standard InChI is InChI=1S/C19H20Cl2N2O4/c1-26-17-8-12(2-6-16(17)27-11-18(22)24)10-23-19(25)7-4-13-3-5-14(20)9-15(13)21/h2-3,5-6,8-9H,4,7,10-11H2,1H3,(H2,22,24)(H,23,25). The number of nitrogens with one attached hydrogen (secondary N) is 1. The molecule has 8 heteroatoms. The zero-order valence-electron chi connectivity index (χ0n) is 14.8. The van der Waals surface area contributed by atoms with E-state index in [1.54, 1.807) is 30.3 Å². The second kappa shape index (κ2) is 10.0. The molecule has 2 amide bonds. The Balaban J connectivity index is 1.87. The number of hydrogen-bond donors (Lipinski definition) is 2. The average Bonchev–Trinajstić information content (AvgIpc) is 2.64. The number of primary amides is 1. The first-order chi connectivity index (χ1) is 12.9. The Bertz CT molecular complexity index is 827. The Hall–Kier alpha value is -2.44. The van der Waals surface area contributed by atoms with Crippen molar-refractivity contribution >= 4 is 35.0 Å². The molecule has 0 aromatic heterocycles. The lowest BCUT2D eigenvalue weighted by molar-refractivity contribution is -0.121. The fourth-order valence-electron chi connectivity index (χ4n) is 2.35. The van der Waals surface area contributed by atoms with Crippen LogP contribution in [0.5, 0.6) is 11.5 Å². The van der Waals surface area contributed by atoms with Crippen molar-refractivity contribution in [1.29, 1.82) is 0 Å². The van der Waals surface area contributed by atoms with Crippen molar-refractivity contribution in [2.24, 2.45) is 5.73 Å². The molecular formula is C19H20Cl2N2O4. The summed E-state index contributed by atoms with van der Waals surface area (Å²) in [6.45, 7) is 0.0966. The highest BCUT2D eigenvalue weighted by Crippen LogP contribution is 2.28. The van der Waals surface area contributed by atoms with E-state index in [4.69, 9.17) is 38.4 Å². The van der Waals surface area contributed by atoms with Crippen molar-refractivity contribution in [3.8, 4) is 11.5 Å². The molecule has 27 heavy (non-hydrogen) atoms. The molecule has 0 atom stereocenters. The number of amides is 2. The molecule has 6 nitrogen and oxygen atoms in total. The van der Waals surface area contributed by atoms with E-state index in [1.807, 2.05) is 6.07 Å². The molecule has 144 valence electrons. The monoisotopic (exact) mass is 410 g/mol. The van der Waals surface area contributed by atoms with E-state index < -0.39 is 5.91 Å². The summed E-state index contributed by atoms with van der Waals surface area (Å²) in [4.78, 5) is 22.9. The summed E-state index contributed by atoms with van der Waals surface area (Å²) in [5.74, 6) is 0.183. The number of carbonyl (C=O) groups is 2. The second-order valence-corrected chi connectivity index (χ2v) is 6.60. The van der Waals surface area contributed by atoms with E-state index in [2.05, 4.69) is 5.32 Å². The lowest BCUT2D eigenvalue weighted by Crippen LogP contribution is -2.23. The van der Waals surface area contributed by atoms with Gasteiger partial charge in [-0.05, 0) is 41.8 Å². The van der Waals surface area contributed by atoms with E-state index in [-0.39, 0.29) is 12.5 Å². The fourth-order valence-corrected chi connectivity index (χ4v) is 2.85. The molecule has 0 radical (unpaired) electrons. The third-order valence-electron chi connectivity index (χ3n) is 3.72. The van der Waals surface area contributed by atoms with Crippen LogP contribution in [0.4, 0.5) is 0 Å². The third kappa shape index (κ3) is 6.66. The van der Waals surface area contributed by atoms with E-state index in [0.29, 0.717) is 40.9 Å². The van der Waals surface area contributed by atoms with Crippen LogP contribution in [0.1, 0.15) is 17.5 Å². The summed E-state index contributed by atoms with van der Waals surface area (Å²) >= 11 is 12.0. The van der Waals surface area contributed by atoms with Gasteiger partial charge >= 0.3 is 0 Å². The highest BCUT2D eigenvalue weighted by atomic mass is 35.5. The van der Waals surface area contributed by atoms with Gasteiger partial charge in [-0.2, -0.15) is 0 Å². The summed E-state index contributed by atoms with van der Waals surface area (Å²) in [5.41, 5.74) is 6.76. The van der Waals surface area contributed by atoms with E-state index >= 15 is 0 Å². The number of halogens is 2. The molecule has 0 spiro atoms. The summed E-state index contributed by atoms with van der Waals surface area (Å²) in [7, 11) is 1.49. The molecule has 3 N–H and O–H groups in total. The van der Waals surface area contributed by atoms with E-state index in [1.165, 1.54) is 7.11 Å². The smallest absolute Gasteiger partial charge is 0.255 e. The van der Waals surface area contributed by atoms with Crippen LogP contribution >= 0.6 is 23.2 Å². The summed E-state index contributed by atoms with van der Waals surface area (Å²) in [6.07, 6.45) is 0.823. The van der Waals surface area contributed by atoms with E-state index in [0.717, 1.165) is 11.1 Å². The van der Waals surface area contributed by atoms with Gasteiger partial charge in [-0.1, -0.05) is 35.3 Å². The number of rotatable bonds is 9. The van der Waals surface area contributed by atoms with Gasteiger partial charge in [0.05, 0.1) is 7.11 Å². The van der Waals surface area contributed by atoms with E-state index in [9.17, 15) is 9.59 Å². The Morgan fingerprint density at radius 3 is 2.56 bits per heavy atom. The molecular weight excluding hydrogens is 391 g/mol. The van der Waals surface area contributed by atoms with Crippen molar-refractivity contribution in [1.82, 2.24) is 5.32 Å². The molecule has 0 saturated heterocycles. The Morgan fingerprint density at radius 1 is 1.11 bits per heavy atom. The van der Waals surface area contributed by atoms with Crippen LogP contribution in [0, 0.1) is 0 Å². The van der Waals surface area contributed by atoms with Crippen molar-refractivity contribution in [2.45, 2.75) is 19.4 Å². The molecule has 2 rings (SSSR count). The largest absolute Gasteiger partial charge is 0.493 e. The fraction of sp³-hybridized carbons (Fsp3) is 0.263. The highest BCUT2D eigenvalue weighted by Gasteiger charge is 2.09. The highest BCUT2D eigenvalue weighted by molar-refractivity contribution is 6.35. The maximum absolute atomic E-state index is 12.1. The third-order valence-corrected chi connectivity index (χ3v) is 4.31. The first-order valence-electron chi connectivity index (χ1n) is 8.17. The molecule has 2 aromatic rings. The van der Waals surface area contributed by atoms with Gasteiger partial charge < -0.3 is 20.5 Å². The first-order valence-corrected chi connectivity index (χ1v) is 8.93. The molecule has 0 fully saturated rings. The lowest BCUT2D eigenvalue weighted by Gasteiger charge is -2.12. The van der Waals surface area contributed by atoms with Crippen molar-refractivity contribution in [3.05, 3.63) is 57.6 Å². The lowest BCUT2D eigenvalue weighted by atomic mass is 10.1. The zero-order chi connectivity index (χ0) is 19.8. The van der Waals surface area contributed by atoms with Gasteiger partial charge in [0, 0.05) is 23.0 Å². The predicted molar refractivity (Wildman–Crippen MR) is 104 cm³/mol. The Morgan fingerprint density at radius 2 is 1.89 bits per heavy atom. The van der Waals surface area contributed by atoms with Gasteiger partial charge in [-0.3, -0.25) is 9.59 Å². The van der Waals surface area contributed by atoms with Crippen LogP contribution in [0.15, 0.2) is 36.4 Å². The van der Waals surface area contributed by atoms with Gasteiger partial charge in [-0.15, -0.1) is 0 Å². The van der Waals surface area contributed by atoms with Crippen molar-refractivity contribution in [3.63, 3.8) is 0 Å². The number of benzene rings is 2. The van der Waals surface area contributed by atoms with Crippen LogP contribution in [0.2, 0.25) is 10.0 Å². The van der Waals surface area contributed by atoms with Crippen molar-refractivity contribution < 1.29 is 19.1 Å². The normalized spacial score (nSPS) is 10.3. The Labute approximate surface area is 167 Å². The minimum absolute atomic E-state index is 0.103. The molecule has 0 aliphatic carbocycles. The van der Waals surface area contributed by atoms with Gasteiger partial charge in [0.25, 0.3) is 5.91 Å². The zero-order valence-corrected chi connectivity index (χ0v) is 16.3. The number of hydrogen-bond acceptors (Lipinski definition) is 4. The van der Waals surface area contributed by atoms with Crippen molar-refractivity contribution in [2.75, 3.05) is 13.7 Å². The molecule has 0 aliphatic heterocycles. The number of aryl methyl sites for hydroxylation is 1. The summed E-state index contributed by atoms with van der Waals surface area (Å²) in [5, 5.41) is 3.95. The molecule has 0 heterocycles. The van der Waals surface area contributed by atoms with Gasteiger partial charge in [0.2, 0.25) is 5.91 Å². The van der Waals surface area contributed by atoms with Gasteiger partial charge in [0.15, 0.2) is 18.1 Å². The van der Waals surface area contributed by atoms with Gasteiger partial charge in [0.1, 0.15) is 0 Å². The summed E-state index contributed by atoms with van der Waals surface area (Å²) < 4.78 is 10.5. The quantitative estimate of drug-likeness (QED) is 0.664. The maximum atomic E-state index is 12.1. The SMILES string of the molecule is COc1cc(CNC(=O)CCc2ccc(Cl)cc2Cl)ccc1OCC(N)=O. The number of carbonyl (C=O) groups excluding carboxylic acids is 2. The van der Waals surface area contributed by atoms with Crippen LogP contribution in [-0.4, -0.2) is 25.5 Å². The predicted octanol–water partition coefficient (Wildman–Crippen LogP) is 3.12. The molecule has 0 saturated carbocycles. The molecule has 0 unspecified atom stereocenters. The molecule has 0 aliphatic rings.